The number of halogens is 5. The average molecular weight is 369 g/mol. The number of alkyl halides is 3. The first-order chi connectivity index (χ1) is 12.2. The van der Waals surface area contributed by atoms with Gasteiger partial charge >= 0.3 is 12.1 Å². The molecule has 26 heavy (non-hydrogen) atoms. The Kier molecular flexibility index (Phi) is 4.18. The van der Waals surface area contributed by atoms with Crippen molar-refractivity contribution < 1.29 is 31.9 Å². The van der Waals surface area contributed by atoms with Crippen LogP contribution in [-0.2, 0) is 6.18 Å². The molecule has 3 aromatic rings. The smallest absolute Gasteiger partial charge is 0.419 e. The van der Waals surface area contributed by atoms with E-state index in [4.69, 9.17) is 5.11 Å². The van der Waals surface area contributed by atoms with Crippen LogP contribution in [0, 0.1) is 11.6 Å². The van der Waals surface area contributed by atoms with Gasteiger partial charge in [-0.05, 0) is 24.3 Å². The van der Waals surface area contributed by atoms with Crippen molar-refractivity contribution in [3.63, 3.8) is 0 Å². The van der Waals surface area contributed by atoms with Crippen molar-refractivity contribution in [3.8, 4) is 16.9 Å². The Bertz CT molecular complexity index is 984. The number of benzene rings is 1. The lowest BCUT2D eigenvalue weighted by molar-refractivity contribution is -0.140. The van der Waals surface area contributed by atoms with Gasteiger partial charge in [0, 0.05) is 24.0 Å². The lowest BCUT2D eigenvalue weighted by Crippen LogP contribution is -2.12. The second kappa shape index (κ2) is 6.21. The highest BCUT2D eigenvalue weighted by atomic mass is 19.4. The number of rotatable bonds is 3. The Hall–Kier alpha value is -3.30. The molecule has 10 heteroatoms. The Morgan fingerprint density at radius 1 is 1.12 bits per heavy atom. The van der Waals surface area contributed by atoms with E-state index < -0.39 is 40.7 Å². The van der Waals surface area contributed by atoms with E-state index in [0.29, 0.717) is 11.6 Å². The molecule has 0 saturated carbocycles. The summed E-state index contributed by atoms with van der Waals surface area (Å²) in [5.74, 6) is -4.57. The molecule has 2 aromatic heterocycles. The fourth-order valence-electron chi connectivity index (χ4n) is 2.31. The molecule has 134 valence electrons. The number of pyridine rings is 1. The summed E-state index contributed by atoms with van der Waals surface area (Å²) in [7, 11) is 0. The van der Waals surface area contributed by atoms with Crippen LogP contribution in [0.2, 0.25) is 0 Å². The van der Waals surface area contributed by atoms with Crippen LogP contribution in [0.3, 0.4) is 0 Å². The number of aromatic nitrogens is 3. The monoisotopic (exact) mass is 369 g/mol. The van der Waals surface area contributed by atoms with E-state index >= 15 is 0 Å². The van der Waals surface area contributed by atoms with Crippen LogP contribution in [0.25, 0.3) is 16.9 Å². The first-order valence-electron chi connectivity index (χ1n) is 6.99. The van der Waals surface area contributed by atoms with Crippen molar-refractivity contribution in [3.05, 3.63) is 65.6 Å². The molecule has 0 bridgehead atoms. The SMILES string of the molecule is O=C(O)c1cc(-c2cccnc2)n(-c2cc(F)c(C(F)(F)F)cc2F)n1. The summed E-state index contributed by atoms with van der Waals surface area (Å²) in [5, 5.41) is 12.7. The van der Waals surface area contributed by atoms with Gasteiger partial charge in [-0.1, -0.05) is 0 Å². The van der Waals surface area contributed by atoms with Gasteiger partial charge in [-0.25, -0.2) is 18.3 Å². The minimum Gasteiger partial charge on any atom is -0.476 e. The lowest BCUT2D eigenvalue weighted by Gasteiger charge is -2.12. The largest absolute Gasteiger partial charge is 0.476 e. The topological polar surface area (TPSA) is 68.0 Å². The quantitative estimate of drug-likeness (QED) is 0.711. The molecular weight excluding hydrogens is 361 g/mol. The molecule has 0 aliphatic carbocycles. The van der Waals surface area contributed by atoms with Gasteiger partial charge in [-0.3, -0.25) is 4.98 Å². The summed E-state index contributed by atoms with van der Waals surface area (Å²) >= 11 is 0. The van der Waals surface area contributed by atoms with Crippen molar-refractivity contribution >= 4 is 5.97 Å². The van der Waals surface area contributed by atoms with Crippen LogP contribution in [0.5, 0.6) is 0 Å². The molecule has 0 saturated heterocycles. The van der Waals surface area contributed by atoms with Gasteiger partial charge in [0.15, 0.2) is 5.69 Å². The molecule has 5 nitrogen and oxygen atoms in total. The van der Waals surface area contributed by atoms with Crippen molar-refractivity contribution in [2.45, 2.75) is 6.18 Å². The van der Waals surface area contributed by atoms with Crippen LogP contribution in [0.15, 0.2) is 42.7 Å². The maximum atomic E-state index is 14.3. The molecule has 0 radical (unpaired) electrons. The highest BCUT2D eigenvalue weighted by Gasteiger charge is 2.35. The fourth-order valence-corrected chi connectivity index (χ4v) is 2.31. The van der Waals surface area contributed by atoms with Gasteiger partial charge in [-0.2, -0.15) is 18.3 Å². The van der Waals surface area contributed by atoms with E-state index in [2.05, 4.69) is 10.1 Å². The summed E-state index contributed by atoms with van der Waals surface area (Å²) in [6.45, 7) is 0. The van der Waals surface area contributed by atoms with E-state index in [-0.39, 0.29) is 11.8 Å². The van der Waals surface area contributed by atoms with Gasteiger partial charge in [0.2, 0.25) is 0 Å². The standard InChI is InChI=1S/C16H8F5N3O2/c17-10-5-14(11(18)4-9(10)16(19,20)21)24-13(6-12(23-24)15(25)26)8-2-1-3-22-7-8/h1-7H,(H,25,26). The van der Waals surface area contributed by atoms with Crippen LogP contribution < -0.4 is 0 Å². The second-order valence-corrected chi connectivity index (χ2v) is 5.15. The molecule has 0 aliphatic heterocycles. The van der Waals surface area contributed by atoms with Crippen molar-refractivity contribution in [2.24, 2.45) is 0 Å². The first-order valence-corrected chi connectivity index (χ1v) is 6.99. The molecule has 0 spiro atoms. The van der Waals surface area contributed by atoms with Crippen LogP contribution in [0.4, 0.5) is 22.0 Å². The van der Waals surface area contributed by atoms with Gasteiger partial charge in [0.05, 0.1) is 11.3 Å². The first kappa shape index (κ1) is 17.5. The van der Waals surface area contributed by atoms with Gasteiger partial charge in [0.1, 0.15) is 17.3 Å². The Balaban J connectivity index is 2.24. The molecule has 3 rings (SSSR count). The molecule has 1 N–H and O–H groups in total. The number of carboxylic acid groups (broad SMARTS) is 1. The maximum Gasteiger partial charge on any atom is 0.419 e. The molecule has 0 atom stereocenters. The minimum atomic E-state index is -5.08. The summed E-state index contributed by atoms with van der Waals surface area (Å²) < 4.78 is 66.9. The maximum absolute atomic E-state index is 14.3. The Morgan fingerprint density at radius 2 is 1.85 bits per heavy atom. The molecular formula is C16H8F5N3O2. The molecule has 2 heterocycles. The predicted molar refractivity (Wildman–Crippen MR) is 78.7 cm³/mol. The third-order valence-electron chi connectivity index (χ3n) is 3.46. The third kappa shape index (κ3) is 3.13. The summed E-state index contributed by atoms with van der Waals surface area (Å²) in [6, 6.07) is 4.41. The van der Waals surface area contributed by atoms with Crippen LogP contribution >= 0.6 is 0 Å². The number of hydrogen-bond acceptors (Lipinski definition) is 3. The molecule has 0 unspecified atom stereocenters. The molecule has 0 aliphatic rings. The third-order valence-corrected chi connectivity index (χ3v) is 3.46. The Labute approximate surface area is 142 Å². The zero-order valence-electron chi connectivity index (χ0n) is 12.6. The van der Waals surface area contributed by atoms with Crippen molar-refractivity contribution in [1.29, 1.82) is 0 Å². The second-order valence-electron chi connectivity index (χ2n) is 5.15. The van der Waals surface area contributed by atoms with Gasteiger partial charge in [-0.15, -0.1) is 0 Å². The highest BCUT2D eigenvalue weighted by molar-refractivity contribution is 5.87. The zero-order chi connectivity index (χ0) is 19.1. The molecule has 0 amide bonds. The van der Waals surface area contributed by atoms with Crippen molar-refractivity contribution in [2.75, 3.05) is 0 Å². The van der Waals surface area contributed by atoms with E-state index in [0.717, 1.165) is 10.7 Å². The molecule has 0 fully saturated rings. The van der Waals surface area contributed by atoms with Crippen LogP contribution in [0.1, 0.15) is 16.1 Å². The van der Waals surface area contributed by atoms with E-state index in [1.165, 1.54) is 24.5 Å². The Morgan fingerprint density at radius 3 is 2.42 bits per heavy atom. The predicted octanol–water partition coefficient (Wildman–Crippen LogP) is 3.93. The van der Waals surface area contributed by atoms with Crippen molar-refractivity contribution in [1.82, 2.24) is 14.8 Å². The van der Waals surface area contributed by atoms with E-state index in [1.54, 1.807) is 0 Å². The highest BCUT2D eigenvalue weighted by Crippen LogP contribution is 2.34. The zero-order valence-corrected chi connectivity index (χ0v) is 12.6. The summed E-state index contributed by atoms with van der Waals surface area (Å²) in [6.07, 6.45) is -2.33. The number of hydrogen-bond donors (Lipinski definition) is 1. The number of carbonyl (C=O) groups is 1. The van der Waals surface area contributed by atoms with Gasteiger partial charge in [0.25, 0.3) is 0 Å². The van der Waals surface area contributed by atoms with Gasteiger partial charge < -0.3 is 5.11 Å². The van der Waals surface area contributed by atoms with E-state index in [9.17, 15) is 26.7 Å². The fraction of sp³-hybridized carbons (Fsp3) is 0.0625. The number of nitrogens with zero attached hydrogens (tertiary/aromatic N) is 3. The normalized spacial score (nSPS) is 11.6. The minimum absolute atomic E-state index is 0.000188. The summed E-state index contributed by atoms with van der Waals surface area (Å²) in [5.41, 5.74) is -2.60. The van der Waals surface area contributed by atoms with Crippen LogP contribution in [-0.4, -0.2) is 25.8 Å². The molecule has 1 aromatic carbocycles. The number of aromatic carboxylic acids is 1. The lowest BCUT2D eigenvalue weighted by atomic mass is 10.1. The number of carboxylic acids is 1. The summed E-state index contributed by atoms with van der Waals surface area (Å²) in [4.78, 5) is 15.0. The van der Waals surface area contributed by atoms with E-state index in [1.807, 2.05) is 0 Å². The average Bonchev–Trinajstić information content (AvgIpc) is 3.02.